The van der Waals surface area contributed by atoms with Crippen molar-refractivity contribution in [3.8, 4) is 0 Å². The van der Waals surface area contributed by atoms with Gasteiger partial charge in [-0.1, -0.05) is 12.1 Å². The fourth-order valence-electron chi connectivity index (χ4n) is 1.51. The number of nitrogens with zero attached hydrogens (tertiary/aromatic N) is 3. The van der Waals surface area contributed by atoms with E-state index in [9.17, 15) is 9.90 Å². The fraction of sp³-hybridized carbons (Fsp3) is 0.727. The number of hydrogen-bond acceptors (Lipinski definition) is 5. The van der Waals surface area contributed by atoms with Gasteiger partial charge >= 0.3 is 5.97 Å². The molecule has 0 aliphatic carbocycles. The Hall–Kier alpha value is -1.47. The molecule has 0 saturated heterocycles. The molecule has 18 heavy (non-hydrogen) atoms. The number of carboxylic acids is 1. The van der Waals surface area contributed by atoms with Crippen LogP contribution in [0.2, 0.25) is 0 Å². The molecule has 0 spiro atoms. The molecule has 0 bridgehead atoms. The van der Waals surface area contributed by atoms with Gasteiger partial charge < -0.3 is 14.9 Å². The Balaban J connectivity index is 3.00. The van der Waals surface area contributed by atoms with Gasteiger partial charge in [0, 0.05) is 13.5 Å². The Kier molecular flexibility index (Phi) is 4.80. The number of carboxylic acid groups (broad SMARTS) is 1. The number of rotatable bonds is 7. The predicted molar refractivity (Wildman–Crippen MR) is 63.5 cm³/mol. The molecule has 0 fully saturated rings. The maximum atomic E-state index is 11.0. The maximum Gasteiger partial charge on any atom is 0.358 e. The molecule has 1 unspecified atom stereocenters. The van der Waals surface area contributed by atoms with Gasteiger partial charge in [-0.15, -0.1) is 5.10 Å². The molecule has 1 aromatic rings. The zero-order chi connectivity index (χ0) is 13.8. The van der Waals surface area contributed by atoms with Gasteiger partial charge in [-0.3, -0.25) is 0 Å². The minimum absolute atomic E-state index is 0.0843. The molecule has 0 saturated carbocycles. The summed E-state index contributed by atoms with van der Waals surface area (Å²) in [7, 11) is 1.54. The Bertz CT molecular complexity index is 414. The van der Waals surface area contributed by atoms with Gasteiger partial charge in [-0.2, -0.15) is 0 Å². The second-order valence-electron chi connectivity index (χ2n) is 4.44. The van der Waals surface area contributed by atoms with Crippen LogP contribution in [0.4, 0.5) is 0 Å². The molecule has 7 nitrogen and oxygen atoms in total. The molecule has 2 N–H and O–H groups in total. The summed E-state index contributed by atoms with van der Waals surface area (Å²) in [4.78, 5) is 11.0. The van der Waals surface area contributed by atoms with Crippen molar-refractivity contribution in [3.05, 3.63) is 11.4 Å². The molecule has 0 aliphatic rings. The van der Waals surface area contributed by atoms with E-state index in [2.05, 4.69) is 10.3 Å². The molecule has 0 amide bonds. The van der Waals surface area contributed by atoms with Crippen molar-refractivity contribution >= 4 is 5.97 Å². The third-order valence-corrected chi connectivity index (χ3v) is 2.84. The van der Waals surface area contributed by atoms with Crippen LogP contribution in [0.5, 0.6) is 0 Å². The summed E-state index contributed by atoms with van der Waals surface area (Å²) in [5.74, 6) is -1.12. The van der Waals surface area contributed by atoms with Crippen molar-refractivity contribution in [2.24, 2.45) is 0 Å². The third kappa shape index (κ3) is 3.51. The normalized spacial score (nSPS) is 14.4. The number of aromatic nitrogens is 3. The number of methoxy groups -OCH3 is 1. The number of aliphatic hydroxyl groups is 1. The van der Waals surface area contributed by atoms with E-state index < -0.39 is 11.6 Å². The molecule has 1 aromatic heterocycles. The van der Waals surface area contributed by atoms with Gasteiger partial charge in [0.2, 0.25) is 0 Å². The SMILES string of the molecule is CCC(C)(O)Cn1nnc(C(=O)O)c1CCOC. The number of ether oxygens (including phenoxy) is 1. The number of aromatic carboxylic acids is 1. The van der Waals surface area contributed by atoms with Gasteiger partial charge in [0.25, 0.3) is 0 Å². The molecule has 0 radical (unpaired) electrons. The van der Waals surface area contributed by atoms with Gasteiger partial charge in [0.15, 0.2) is 5.69 Å². The topological polar surface area (TPSA) is 97.5 Å². The number of carbonyl (C=O) groups is 1. The molecular formula is C11H19N3O4. The smallest absolute Gasteiger partial charge is 0.358 e. The van der Waals surface area contributed by atoms with Crippen LogP contribution in [0.1, 0.15) is 36.5 Å². The Labute approximate surface area is 105 Å². The van der Waals surface area contributed by atoms with E-state index in [0.717, 1.165) is 0 Å². The third-order valence-electron chi connectivity index (χ3n) is 2.84. The zero-order valence-corrected chi connectivity index (χ0v) is 10.9. The van der Waals surface area contributed by atoms with Crippen molar-refractivity contribution in [1.82, 2.24) is 15.0 Å². The minimum Gasteiger partial charge on any atom is -0.476 e. The highest BCUT2D eigenvalue weighted by Gasteiger charge is 2.24. The summed E-state index contributed by atoms with van der Waals surface area (Å²) in [5.41, 5.74) is -0.553. The zero-order valence-electron chi connectivity index (χ0n) is 10.9. The molecule has 1 rings (SSSR count). The summed E-state index contributed by atoms with van der Waals surface area (Å²) in [6.07, 6.45) is 0.934. The van der Waals surface area contributed by atoms with Gasteiger partial charge in [0.1, 0.15) is 0 Å². The van der Waals surface area contributed by atoms with Gasteiger partial charge in [-0.05, 0) is 13.3 Å². The van der Waals surface area contributed by atoms with Crippen molar-refractivity contribution in [2.75, 3.05) is 13.7 Å². The van der Waals surface area contributed by atoms with Crippen LogP contribution in [0.15, 0.2) is 0 Å². The lowest BCUT2D eigenvalue weighted by Crippen LogP contribution is -2.31. The first-order chi connectivity index (χ1) is 8.41. The second-order valence-corrected chi connectivity index (χ2v) is 4.44. The number of hydrogen-bond donors (Lipinski definition) is 2. The first-order valence-electron chi connectivity index (χ1n) is 5.78. The summed E-state index contributed by atoms with van der Waals surface area (Å²) in [6, 6.07) is 0. The molecule has 1 atom stereocenters. The van der Waals surface area contributed by atoms with Crippen molar-refractivity contribution in [1.29, 1.82) is 0 Å². The van der Waals surface area contributed by atoms with E-state index in [1.54, 1.807) is 6.92 Å². The summed E-state index contributed by atoms with van der Waals surface area (Å²) < 4.78 is 6.37. The van der Waals surface area contributed by atoms with E-state index in [-0.39, 0.29) is 12.2 Å². The van der Waals surface area contributed by atoms with E-state index >= 15 is 0 Å². The fourth-order valence-corrected chi connectivity index (χ4v) is 1.51. The average Bonchev–Trinajstić information content (AvgIpc) is 2.69. The monoisotopic (exact) mass is 257 g/mol. The lowest BCUT2D eigenvalue weighted by molar-refractivity contribution is 0.0327. The quantitative estimate of drug-likeness (QED) is 0.730. The van der Waals surface area contributed by atoms with Crippen LogP contribution >= 0.6 is 0 Å². The van der Waals surface area contributed by atoms with Crippen LogP contribution in [0, 0.1) is 0 Å². The van der Waals surface area contributed by atoms with E-state index in [1.165, 1.54) is 11.8 Å². The highest BCUT2D eigenvalue weighted by Crippen LogP contribution is 2.15. The first kappa shape index (κ1) is 14.6. The minimum atomic E-state index is -1.12. The maximum absolute atomic E-state index is 11.0. The molecule has 7 heteroatoms. The average molecular weight is 257 g/mol. The molecule has 0 aliphatic heterocycles. The molecule has 1 heterocycles. The highest BCUT2D eigenvalue weighted by atomic mass is 16.5. The van der Waals surface area contributed by atoms with Crippen LogP contribution < -0.4 is 0 Å². The lowest BCUT2D eigenvalue weighted by atomic mass is 10.0. The van der Waals surface area contributed by atoms with E-state index in [1.807, 2.05) is 6.92 Å². The molecule has 0 aromatic carbocycles. The van der Waals surface area contributed by atoms with Crippen LogP contribution in [-0.2, 0) is 17.7 Å². The Morgan fingerprint density at radius 3 is 2.72 bits per heavy atom. The van der Waals surface area contributed by atoms with Gasteiger partial charge in [0.05, 0.1) is 24.4 Å². The highest BCUT2D eigenvalue weighted by molar-refractivity contribution is 5.86. The van der Waals surface area contributed by atoms with E-state index in [0.29, 0.717) is 25.1 Å². The Morgan fingerprint density at radius 2 is 2.22 bits per heavy atom. The van der Waals surface area contributed by atoms with Crippen LogP contribution in [-0.4, -0.2) is 50.5 Å². The molecular weight excluding hydrogens is 238 g/mol. The molecule has 102 valence electrons. The van der Waals surface area contributed by atoms with Crippen molar-refractivity contribution in [3.63, 3.8) is 0 Å². The van der Waals surface area contributed by atoms with Crippen LogP contribution in [0.25, 0.3) is 0 Å². The predicted octanol–water partition coefficient (Wildman–Crippen LogP) is 0.326. The van der Waals surface area contributed by atoms with Gasteiger partial charge in [-0.25, -0.2) is 9.48 Å². The second kappa shape index (κ2) is 5.92. The van der Waals surface area contributed by atoms with E-state index in [4.69, 9.17) is 9.84 Å². The standard InChI is InChI=1S/C11H19N3O4/c1-4-11(2,17)7-14-8(5-6-18-3)9(10(15)16)12-13-14/h17H,4-7H2,1-3H3,(H,15,16). The first-order valence-corrected chi connectivity index (χ1v) is 5.78. The summed E-state index contributed by atoms with van der Waals surface area (Å²) in [6.45, 7) is 4.11. The van der Waals surface area contributed by atoms with Crippen molar-refractivity contribution < 1.29 is 19.7 Å². The van der Waals surface area contributed by atoms with Crippen molar-refractivity contribution in [2.45, 2.75) is 38.8 Å². The largest absolute Gasteiger partial charge is 0.476 e. The lowest BCUT2D eigenvalue weighted by Gasteiger charge is -2.21. The van der Waals surface area contributed by atoms with Crippen LogP contribution in [0.3, 0.4) is 0 Å². The Morgan fingerprint density at radius 1 is 1.56 bits per heavy atom. The summed E-state index contributed by atoms with van der Waals surface area (Å²) >= 11 is 0. The summed E-state index contributed by atoms with van der Waals surface area (Å²) in [5, 5.41) is 26.4.